The summed E-state index contributed by atoms with van der Waals surface area (Å²) in [4.78, 5) is 4.72. The first-order chi connectivity index (χ1) is 13.7. The Balaban J connectivity index is 1.37. The summed E-state index contributed by atoms with van der Waals surface area (Å²) >= 11 is 5.69. The summed E-state index contributed by atoms with van der Waals surface area (Å²) in [6.07, 6.45) is 4.30. The molecular weight excluding hydrogens is 364 g/mol. The largest absolute Gasteiger partial charge is 0.385 e. The molecule has 0 saturated carbocycles. The minimum Gasteiger partial charge on any atom is -0.385 e. The minimum absolute atomic E-state index is 0.825. The van der Waals surface area contributed by atoms with Crippen molar-refractivity contribution in [3.8, 4) is 0 Å². The first kappa shape index (κ1) is 18.8. The number of nitrogens with one attached hydrogen (secondary N) is 2. The van der Waals surface area contributed by atoms with Crippen LogP contribution in [0.4, 0.5) is 11.4 Å². The van der Waals surface area contributed by atoms with Gasteiger partial charge in [-0.25, -0.2) is 0 Å². The lowest BCUT2D eigenvalue weighted by molar-refractivity contribution is 0.384. The van der Waals surface area contributed by atoms with E-state index in [1.54, 1.807) is 0 Å². The molecule has 0 aliphatic carbocycles. The molecule has 2 aliphatic rings. The van der Waals surface area contributed by atoms with Crippen LogP contribution in [0.2, 0.25) is 0 Å². The van der Waals surface area contributed by atoms with E-state index in [1.807, 2.05) is 0 Å². The van der Waals surface area contributed by atoms with E-state index in [0.717, 1.165) is 50.7 Å². The van der Waals surface area contributed by atoms with Crippen molar-refractivity contribution < 1.29 is 0 Å². The number of anilines is 2. The van der Waals surface area contributed by atoms with Gasteiger partial charge in [0.2, 0.25) is 0 Å². The zero-order valence-corrected chi connectivity index (χ0v) is 17.3. The number of para-hydroxylation sites is 1. The highest BCUT2D eigenvalue weighted by atomic mass is 32.1. The smallest absolute Gasteiger partial charge is 0.173 e. The average molecular weight is 393 g/mol. The van der Waals surface area contributed by atoms with Crippen LogP contribution in [0.3, 0.4) is 0 Å². The van der Waals surface area contributed by atoms with E-state index in [0.29, 0.717) is 0 Å². The van der Waals surface area contributed by atoms with Crippen molar-refractivity contribution in [3.63, 3.8) is 0 Å². The third-order valence-electron chi connectivity index (χ3n) is 5.51. The van der Waals surface area contributed by atoms with Crippen LogP contribution in [0.5, 0.6) is 0 Å². The summed E-state index contributed by atoms with van der Waals surface area (Å²) < 4.78 is 0. The second kappa shape index (κ2) is 8.65. The summed E-state index contributed by atoms with van der Waals surface area (Å²) in [5, 5.41) is 7.74. The Labute approximate surface area is 173 Å². The molecule has 2 heterocycles. The van der Waals surface area contributed by atoms with Crippen LogP contribution >= 0.6 is 12.2 Å². The van der Waals surface area contributed by atoms with Crippen LogP contribution in [0.1, 0.15) is 24.0 Å². The van der Waals surface area contributed by atoms with Crippen LogP contribution in [0, 0.1) is 6.92 Å². The molecule has 0 unspecified atom stereocenters. The fourth-order valence-electron chi connectivity index (χ4n) is 3.94. The van der Waals surface area contributed by atoms with Crippen LogP contribution in [-0.2, 0) is 0 Å². The van der Waals surface area contributed by atoms with Gasteiger partial charge in [-0.15, -0.1) is 0 Å². The molecule has 5 heteroatoms. The van der Waals surface area contributed by atoms with Gasteiger partial charge in [-0.1, -0.05) is 30.3 Å². The third kappa shape index (κ3) is 4.30. The van der Waals surface area contributed by atoms with Gasteiger partial charge in [-0.2, -0.15) is 0 Å². The maximum Gasteiger partial charge on any atom is 0.173 e. The molecule has 0 amide bonds. The molecule has 0 spiro atoms. The molecule has 0 bridgehead atoms. The zero-order chi connectivity index (χ0) is 19.3. The van der Waals surface area contributed by atoms with Gasteiger partial charge in [0.05, 0.1) is 0 Å². The van der Waals surface area contributed by atoms with Crippen LogP contribution in [-0.4, -0.2) is 42.7 Å². The van der Waals surface area contributed by atoms with Crippen molar-refractivity contribution in [2.24, 2.45) is 0 Å². The lowest BCUT2D eigenvalue weighted by Crippen LogP contribution is -2.51. The Morgan fingerprint density at radius 3 is 2.71 bits per heavy atom. The van der Waals surface area contributed by atoms with Gasteiger partial charge >= 0.3 is 0 Å². The Morgan fingerprint density at radius 1 is 1.07 bits per heavy atom. The SMILES string of the molecule is Cc1cccc(N2CCN(C(=S)N/C=C3/CCCNc4ccccc43)CC2)c1. The van der Waals surface area contributed by atoms with Crippen molar-refractivity contribution in [2.75, 3.05) is 42.9 Å². The van der Waals surface area contributed by atoms with Crippen molar-refractivity contribution in [1.82, 2.24) is 10.2 Å². The highest BCUT2D eigenvalue weighted by molar-refractivity contribution is 7.80. The monoisotopic (exact) mass is 392 g/mol. The number of rotatable bonds is 2. The zero-order valence-electron chi connectivity index (χ0n) is 16.4. The fourth-order valence-corrected chi connectivity index (χ4v) is 4.18. The van der Waals surface area contributed by atoms with E-state index < -0.39 is 0 Å². The van der Waals surface area contributed by atoms with Gasteiger partial charge in [0, 0.05) is 55.9 Å². The molecule has 0 radical (unpaired) electrons. The predicted molar refractivity (Wildman–Crippen MR) is 123 cm³/mol. The van der Waals surface area contributed by atoms with Gasteiger partial charge < -0.3 is 20.4 Å². The number of piperazine rings is 1. The molecule has 146 valence electrons. The average Bonchev–Trinajstić information content (AvgIpc) is 2.94. The van der Waals surface area contributed by atoms with Gasteiger partial charge in [0.1, 0.15) is 0 Å². The van der Waals surface area contributed by atoms with Crippen molar-refractivity contribution >= 4 is 34.3 Å². The fraction of sp³-hybridized carbons (Fsp3) is 0.348. The molecule has 4 rings (SSSR count). The molecule has 4 nitrogen and oxygen atoms in total. The topological polar surface area (TPSA) is 30.5 Å². The number of aryl methyl sites for hydroxylation is 1. The minimum atomic E-state index is 0.825. The standard InChI is InChI=1S/C23H28N4S/c1-18-6-4-8-20(16-18)26-12-14-27(15-13-26)23(28)25-17-19-7-5-11-24-22-10-3-2-9-21(19)22/h2-4,6,8-10,16-17,24H,5,7,11-15H2,1H3,(H,25,28)/b19-17-. The summed E-state index contributed by atoms with van der Waals surface area (Å²) in [5.41, 5.74) is 6.43. The Morgan fingerprint density at radius 2 is 1.89 bits per heavy atom. The molecule has 1 saturated heterocycles. The quantitative estimate of drug-likeness (QED) is 0.747. The summed E-state index contributed by atoms with van der Waals surface area (Å²) in [6.45, 7) is 7.04. The van der Waals surface area contributed by atoms with Gasteiger partial charge in [0.25, 0.3) is 0 Å². The van der Waals surface area contributed by atoms with E-state index in [1.165, 1.54) is 28.1 Å². The lowest BCUT2D eigenvalue weighted by atomic mass is 10.0. The lowest BCUT2D eigenvalue weighted by Gasteiger charge is -2.37. The highest BCUT2D eigenvalue weighted by Crippen LogP contribution is 2.29. The van der Waals surface area contributed by atoms with E-state index in [-0.39, 0.29) is 0 Å². The molecule has 2 aromatic rings. The molecule has 2 N–H and O–H groups in total. The number of thiocarbonyl (C=S) groups is 1. The number of nitrogens with zero attached hydrogens (tertiary/aromatic N) is 2. The van der Waals surface area contributed by atoms with Gasteiger partial charge in [-0.05, 0) is 61.3 Å². The van der Waals surface area contributed by atoms with Gasteiger partial charge in [-0.3, -0.25) is 0 Å². The molecule has 0 aromatic heterocycles. The van der Waals surface area contributed by atoms with E-state index in [2.05, 4.69) is 82.1 Å². The maximum absolute atomic E-state index is 5.69. The van der Waals surface area contributed by atoms with Crippen LogP contribution < -0.4 is 15.5 Å². The number of allylic oxidation sites excluding steroid dienone is 1. The third-order valence-corrected chi connectivity index (χ3v) is 5.89. The second-order valence-electron chi connectivity index (χ2n) is 7.51. The van der Waals surface area contributed by atoms with Crippen LogP contribution in [0.15, 0.2) is 54.7 Å². The maximum atomic E-state index is 5.69. The Bertz CT molecular complexity index is 868. The molecular formula is C23H28N4S. The van der Waals surface area contributed by atoms with Crippen molar-refractivity contribution in [2.45, 2.75) is 19.8 Å². The molecule has 1 fully saturated rings. The molecule has 28 heavy (non-hydrogen) atoms. The summed E-state index contributed by atoms with van der Waals surface area (Å²) in [5.74, 6) is 0. The number of benzene rings is 2. The van der Waals surface area contributed by atoms with E-state index >= 15 is 0 Å². The first-order valence-corrected chi connectivity index (χ1v) is 10.5. The number of hydrogen-bond donors (Lipinski definition) is 2. The van der Waals surface area contributed by atoms with E-state index in [9.17, 15) is 0 Å². The van der Waals surface area contributed by atoms with Crippen molar-refractivity contribution in [3.05, 3.63) is 65.9 Å². The van der Waals surface area contributed by atoms with Crippen molar-refractivity contribution in [1.29, 1.82) is 0 Å². The number of hydrogen-bond acceptors (Lipinski definition) is 3. The normalized spacial score (nSPS) is 18.2. The van der Waals surface area contributed by atoms with Gasteiger partial charge in [0.15, 0.2) is 5.11 Å². The predicted octanol–water partition coefficient (Wildman–Crippen LogP) is 4.24. The van der Waals surface area contributed by atoms with Crippen LogP contribution in [0.25, 0.3) is 5.57 Å². The Hall–Kier alpha value is -2.53. The molecule has 2 aliphatic heterocycles. The molecule has 2 aromatic carbocycles. The Kier molecular flexibility index (Phi) is 5.81. The van der Waals surface area contributed by atoms with E-state index in [4.69, 9.17) is 12.2 Å². The second-order valence-corrected chi connectivity index (χ2v) is 7.89. The molecule has 0 atom stereocenters. The number of fused-ring (bicyclic) bond motifs is 1. The highest BCUT2D eigenvalue weighted by Gasteiger charge is 2.19. The summed E-state index contributed by atoms with van der Waals surface area (Å²) in [7, 11) is 0. The summed E-state index contributed by atoms with van der Waals surface area (Å²) in [6, 6.07) is 17.3. The first-order valence-electron chi connectivity index (χ1n) is 10.1.